The van der Waals surface area contributed by atoms with Gasteiger partial charge in [-0.05, 0) is 49.9 Å². The number of nitrogens with one attached hydrogen (secondary N) is 1. The lowest BCUT2D eigenvalue weighted by Gasteiger charge is -2.25. The Labute approximate surface area is 177 Å². The number of aliphatic hydroxyl groups is 1. The first kappa shape index (κ1) is 18.1. The molecule has 31 heavy (non-hydrogen) atoms. The van der Waals surface area contributed by atoms with E-state index in [9.17, 15) is 5.11 Å². The molecule has 8 nitrogen and oxygen atoms in total. The Bertz CT molecular complexity index is 1390. The van der Waals surface area contributed by atoms with Crippen molar-refractivity contribution in [2.24, 2.45) is 0 Å². The molecule has 4 aromatic heterocycles. The van der Waals surface area contributed by atoms with Crippen LogP contribution in [0.4, 0.5) is 5.82 Å². The number of rotatable bonds is 3. The average molecular weight is 414 g/mol. The quantitative estimate of drug-likeness (QED) is 0.405. The van der Waals surface area contributed by atoms with Crippen LogP contribution in [0.3, 0.4) is 0 Å². The van der Waals surface area contributed by atoms with Crippen LogP contribution in [-0.4, -0.2) is 36.2 Å². The number of aliphatic hydroxyl groups excluding tert-OH is 1. The maximum atomic E-state index is 9.78. The van der Waals surface area contributed by atoms with Crippen molar-refractivity contribution in [3.05, 3.63) is 49.1 Å². The van der Waals surface area contributed by atoms with Crippen LogP contribution in [0.25, 0.3) is 44.3 Å². The fraction of sp³-hybridized carbons (Fsp3) is 0.261. The van der Waals surface area contributed by atoms with Crippen LogP contribution in [0.5, 0.6) is 0 Å². The molecule has 5 aromatic rings. The van der Waals surface area contributed by atoms with Crippen LogP contribution in [-0.2, 0) is 0 Å². The fourth-order valence-electron chi connectivity index (χ4n) is 4.51. The summed E-state index contributed by atoms with van der Waals surface area (Å²) in [6.45, 7) is 0. The molecule has 0 aliphatic heterocycles. The Morgan fingerprint density at radius 3 is 2.81 bits per heavy atom. The van der Waals surface area contributed by atoms with Gasteiger partial charge in [-0.3, -0.25) is 9.78 Å². The summed E-state index contributed by atoms with van der Waals surface area (Å²) in [6.07, 6.45) is 10.8. The molecular weight excluding hydrogens is 392 g/mol. The number of H-pyrrole nitrogens is 1. The maximum Gasteiger partial charge on any atom is 0.177 e. The summed E-state index contributed by atoms with van der Waals surface area (Å²) < 4.78 is 8.15. The minimum atomic E-state index is -0.183. The van der Waals surface area contributed by atoms with Crippen molar-refractivity contribution in [3.63, 3.8) is 0 Å². The number of fused-ring (bicyclic) bond motifs is 2. The summed E-state index contributed by atoms with van der Waals surface area (Å²) in [4.78, 5) is 4.36. The van der Waals surface area contributed by atoms with E-state index in [4.69, 9.17) is 10.2 Å². The molecule has 1 aliphatic rings. The Morgan fingerprint density at radius 2 is 1.94 bits per heavy atom. The number of aromatic nitrogens is 5. The molecule has 1 saturated carbocycles. The second kappa shape index (κ2) is 6.95. The van der Waals surface area contributed by atoms with Gasteiger partial charge in [-0.15, -0.1) is 0 Å². The molecule has 4 heterocycles. The number of nitrogens with zero attached hydrogens (tertiary/aromatic N) is 4. The van der Waals surface area contributed by atoms with Crippen molar-refractivity contribution in [1.82, 2.24) is 25.0 Å². The van der Waals surface area contributed by atoms with Crippen molar-refractivity contribution in [3.8, 4) is 22.5 Å². The lowest BCUT2D eigenvalue weighted by molar-refractivity contribution is 0.108. The van der Waals surface area contributed by atoms with Crippen LogP contribution < -0.4 is 5.73 Å². The molecule has 0 saturated heterocycles. The van der Waals surface area contributed by atoms with Gasteiger partial charge in [0.1, 0.15) is 5.76 Å². The molecule has 8 heteroatoms. The average Bonchev–Trinajstić information content (AvgIpc) is 3.53. The first-order valence-corrected chi connectivity index (χ1v) is 10.5. The molecule has 1 aromatic carbocycles. The minimum Gasteiger partial charge on any atom is -0.452 e. The van der Waals surface area contributed by atoms with Gasteiger partial charge < -0.3 is 15.3 Å². The van der Waals surface area contributed by atoms with Gasteiger partial charge >= 0.3 is 0 Å². The molecule has 0 bridgehead atoms. The molecule has 156 valence electrons. The Hall–Kier alpha value is -3.65. The predicted octanol–water partition coefficient (Wildman–Crippen LogP) is 4.29. The minimum absolute atomic E-state index is 0.183. The summed E-state index contributed by atoms with van der Waals surface area (Å²) >= 11 is 0. The normalized spacial score (nSPS) is 19.4. The Balaban J connectivity index is 1.41. The zero-order valence-electron chi connectivity index (χ0n) is 16.8. The molecule has 6 rings (SSSR count). The second-order valence-electron chi connectivity index (χ2n) is 8.25. The number of anilines is 1. The molecular formula is C23H22N6O2. The van der Waals surface area contributed by atoms with E-state index in [1.165, 1.54) is 0 Å². The van der Waals surface area contributed by atoms with Gasteiger partial charge in [0.25, 0.3) is 0 Å². The summed E-state index contributed by atoms with van der Waals surface area (Å²) in [5.41, 5.74) is 10.6. The van der Waals surface area contributed by atoms with Crippen molar-refractivity contribution < 1.29 is 9.52 Å². The summed E-state index contributed by atoms with van der Waals surface area (Å²) in [6, 6.07) is 8.35. The molecule has 0 unspecified atom stereocenters. The third-order valence-electron chi connectivity index (χ3n) is 6.27. The summed E-state index contributed by atoms with van der Waals surface area (Å²) in [7, 11) is 0. The standard InChI is InChI=1S/C23H22N6O2/c24-23-22-18(8-21(31-22)13-1-6-20-14(7-13)9-26-28-20)19(11-25-23)15-10-27-29(12-15)16-2-4-17(30)5-3-16/h1,6-12,16-17,30H,2-5H2,(H2,24,25)(H,26,28)/t16-,17-. The monoisotopic (exact) mass is 414 g/mol. The van der Waals surface area contributed by atoms with E-state index in [-0.39, 0.29) is 6.10 Å². The van der Waals surface area contributed by atoms with Crippen molar-refractivity contribution in [1.29, 1.82) is 0 Å². The second-order valence-corrected chi connectivity index (χ2v) is 8.25. The van der Waals surface area contributed by atoms with Crippen LogP contribution in [0.2, 0.25) is 0 Å². The van der Waals surface area contributed by atoms with Crippen molar-refractivity contribution in [2.45, 2.75) is 37.8 Å². The number of hydrogen-bond acceptors (Lipinski definition) is 6. The molecule has 1 aliphatic carbocycles. The van der Waals surface area contributed by atoms with Crippen LogP contribution in [0, 0.1) is 0 Å². The van der Waals surface area contributed by atoms with Gasteiger partial charge in [0.05, 0.1) is 30.1 Å². The van der Waals surface area contributed by atoms with E-state index < -0.39 is 0 Å². The topological polar surface area (TPSA) is 119 Å². The predicted molar refractivity (Wildman–Crippen MR) is 118 cm³/mol. The number of aromatic amines is 1. The number of nitrogen functional groups attached to an aromatic ring is 1. The van der Waals surface area contributed by atoms with Crippen LogP contribution >= 0.6 is 0 Å². The summed E-state index contributed by atoms with van der Waals surface area (Å²) in [5.74, 6) is 1.09. The zero-order valence-corrected chi connectivity index (χ0v) is 16.8. The highest BCUT2D eigenvalue weighted by molar-refractivity contribution is 6.00. The number of nitrogens with two attached hydrogens (primary N) is 1. The first-order valence-electron chi connectivity index (χ1n) is 10.5. The highest BCUT2D eigenvalue weighted by atomic mass is 16.3. The third-order valence-corrected chi connectivity index (χ3v) is 6.27. The fourth-order valence-corrected chi connectivity index (χ4v) is 4.51. The molecule has 0 atom stereocenters. The summed E-state index contributed by atoms with van der Waals surface area (Å²) in [5, 5.41) is 23.3. The van der Waals surface area contributed by atoms with Gasteiger partial charge in [0, 0.05) is 39.9 Å². The molecule has 0 amide bonds. The highest BCUT2D eigenvalue weighted by Gasteiger charge is 2.22. The SMILES string of the molecule is Nc1ncc(-c2cnn([C@H]3CC[C@H](O)CC3)c2)c2cc(-c3ccc4[nH]ncc4c3)oc12. The van der Waals surface area contributed by atoms with Crippen molar-refractivity contribution >= 4 is 27.7 Å². The van der Waals surface area contributed by atoms with E-state index in [0.717, 1.165) is 64.4 Å². The van der Waals surface area contributed by atoms with E-state index >= 15 is 0 Å². The van der Waals surface area contributed by atoms with E-state index in [0.29, 0.717) is 17.4 Å². The number of benzene rings is 1. The van der Waals surface area contributed by atoms with E-state index in [1.807, 2.05) is 35.1 Å². The zero-order chi connectivity index (χ0) is 20.9. The van der Waals surface area contributed by atoms with Crippen LogP contribution in [0.1, 0.15) is 31.7 Å². The van der Waals surface area contributed by atoms with E-state index in [2.05, 4.69) is 26.5 Å². The third kappa shape index (κ3) is 3.07. The first-order chi connectivity index (χ1) is 15.2. The van der Waals surface area contributed by atoms with Gasteiger partial charge in [-0.25, -0.2) is 4.98 Å². The van der Waals surface area contributed by atoms with E-state index in [1.54, 1.807) is 12.4 Å². The van der Waals surface area contributed by atoms with Crippen molar-refractivity contribution in [2.75, 3.05) is 5.73 Å². The van der Waals surface area contributed by atoms with Gasteiger partial charge in [-0.1, -0.05) is 0 Å². The van der Waals surface area contributed by atoms with Gasteiger partial charge in [0.15, 0.2) is 11.4 Å². The number of furan rings is 1. The van der Waals surface area contributed by atoms with Gasteiger partial charge in [-0.2, -0.15) is 10.2 Å². The highest BCUT2D eigenvalue weighted by Crippen LogP contribution is 2.37. The smallest absolute Gasteiger partial charge is 0.177 e. The van der Waals surface area contributed by atoms with Crippen LogP contribution in [0.15, 0.2) is 53.5 Å². The molecule has 1 fully saturated rings. The molecule has 0 radical (unpaired) electrons. The Morgan fingerprint density at radius 1 is 1.06 bits per heavy atom. The Kier molecular flexibility index (Phi) is 4.07. The lowest BCUT2D eigenvalue weighted by atomic mass is 9.93. The number of pyridine rings is 1. The largest absolute Gasteiger partial charge is 0.452 e. The van der Waals surface area contributed by atoms with Gasteiger partial charge in [0.2, 0.25) is 0 Å². The molecule has 0 spiro atoms. The number of hydrogen-bond donors (Lipinski definition) is 3. The lowest BCUT2D eigenvalue weighted by Crippen LogP contribution is -2.21. The maximum absolute atomic E-state index is 9.78. The molecule has 4 N–H and O–H groups in total.